The van der Waals surface area contributed by atoms with Gasteiger partial charge in [0.05, 0.1) is 0 Å². The number of piperidine rings is 1. The third-order valence-corrected chi connectivity index (χ3v) is 5.61. The van der Waals surface area contributed by atoms with Crippen molar-refractivity contribution in [1.29, 1.82) is 0 Å². The zero-order valence-electron chi connectivity index (χ0n) is 17.1. The van der Waals surface area contributed by atoms with Crippen molar-refractivity contribution < 1.29 is 14.3 Å². The molecule has 0 aliphatic carbocycles. The van der Waals surface area contributed by atoms with Crippen molar-refractivity contribution in [2.75, 3.05) is 26.8 Å². The maximum atomic E-state index is 13.3. The molecule has 156 valence electrons. The van der Waals surface area contributed by atoms with E-state index in [0.717, 1.165) is 29.3 Å². The minimum Gasteiger partial charge on any atom is -0.375 e. The number of pyridine rings is 1. The molecule has 0 saturated carbocycles. The predicted octanol–water partition coefficient (Wildman–Crippen LogP) is 2.84. The first kappa shape index (κ1) is 20.1. The van der Waals surface area contributed by atoms with Crippen LogP contribution in [-0.4, -0.2) is 64.4 Å². The van der Waals surface area contributed by atoms with Gasteiger partial charge in [0.1, 0.15) is 6.61 Å². The van der Waals surface area contributed by atoms with E-state index in [-0.39, 0.29) is 24.5 Å². The molecule has 7 heteroatoms. The lowest BCUT2D eigenvalue weighted by Gasteiger charge is -2.39. The Labute approximate surface area is 175 Å². The largest absolute Gasteiger partial charge is 0.375 e. The Morgan fingerprint density at radius 2 is 2.17 bits per heavy atom. The number of aromatic amines is 1. The van der Waals surface area contributed by atoms with E-state index in [4.69, 9.17) is 4.74 Å². The van der Waals surface area contributed by atoms with Gasteiger partial charge in [-0.15, -0.1) is 0 Å². The molecule has 7 nitrogen and oxygen atoms in total. The van der Waals surface area contributed by atoms with Crippen molar-refractivity contribution in [3.8, 4) is 0 Å². The smallest absolute Gasteiger partial charge is 0.254 e. The highest BCUT2D eigenvalue weighted by Gasteiger charge is 2.31. The third-order valence-electron chi connectivity index (χ3n) is 5.61. The summed E-state index contributed by atoms with van der Waals surface area (Å²) >= 11 is 0. The Balaban J connectivity index is 1.55. The predicted molar refractivity (Wildman–Crippen MR) is 114 cm³/mol. The molecule has 0 bridgehead atoms. The van der Waals surface area contributed by atoms with E-state index >= 15 is 0 Å². The average molecular weight is 406 g/mol. The van der Waals surface area contributed by atoms with Crippen LogP contribution in [0.3, 0.4) is 0 Å². The molecule has 3 aromatic rings. The number of hydrogen-bond donors (Lipinski definition) is 1. The normalized spacial score (nSPS) is 16.6. The van der Waals surface area contributed by atoms with E-state index in [2.05, 4.69) is 9.97 Å². The van der Waals surface area contributed by atoms with Crippen molar-refractivity contribution in [3.05, 3.63) is 66.1 Å². The fraction of sp³-hybridized carbons (Fsp3) is 0.348. The van der Waals surface area contributed by atoms with Gasteiger partial charge in [-0.1, -0.05) is 12.1 Å². The molecule has 1 aliphatic heterocycles. The Morgan fingerprint density at radius 1 is 1.27 bits per heavy atom. The van der Waals surface area contributed by atoms with Gasteiger partial charge in [-0.3, -0.25) is 14.6 Å². The van der Waals surface area contributed by atoms with Crippen molar-refractivity contribution in [2.24, 2.45) is 0 Å². The number of carbonyl (C=O) groups is 2. The summed E-state index contributed by atoms with van der Waals surface area (Å²) in [4.78, 5) is 37.1. The Kier molecular flexibility index (Phi) is 6.09. The highest BCUT2D eigenvalue weighted by atomic mass is 16.5. The van der Waals surface area contributed by atoms with Gasteiger partial charge in [0, 0.05) is 67.8 Å². The molecule has 1 saturated heterocycles. The number of H-pyrrole nitrogens is 1. The molecular formula is C23H26N4O3. The maximum Gasteiger partial charge on any atom is 0.254 e. The van der Waals surface area contributed by atoms with E-state index in [1.807, 2.05) is 52.4 Å². The van der Waals surface area contributed by atoms with Crippen molar-refractivity contribution in [3.63, 3.8) is 0 Å². The first-order valence-electron chi connectivity index (χ1n) is 10.2. The maximum absolute atomic E-state index is 13.3. The summed E-state index contributed by atoms with van der Waals surface area (Å²) in [5.74, 6) is -0.0705. The van der Waals surface area contributed by atoms with Crippen molar-refractivity contribution >= 4 is 22.7 Å². The quantitative estimate of drug-likeness (QED) is 0.683. The van der Waals surface area contributed by atoms with E-state index in [1.54, 1.807) is 12.4 Å². The molecule has 2 amide bonds. The SMILES string of the molecule is COCC(=O)N(Cc1cccnc1)C1CCCN(C(=O)c2cccc3[nH]ccc23)C1. The Morgan fingerprint density at radius 3 is 2.97 bits per heavy atom. The lowest BCUT2D eigenvalue weighted by atomic mass is 10.0. The van der Waals surface area contributed by atoms with Gasteiger partial charge in [-0.25, -0.2) is 0 Å². The summed E-state index contributed by atoms with van der Waals surface area (Å²) in [6.45, 7) is 1.67. The zero-order valence-corrected chi connectivity index (χ0v) is 17.1. The number of aromatic nitrogens is 2. The molecule has 2 aromatic heterocycles. The number of carbonyl (C=O) groups excluding carboxylic acids is 2. The lowest BCUT2D eigenvalue weighted by molar-refractivity contribution is -0.139. The minimum atomic E-state index is -0.0756. The molecule has 1 atom stereocenters. The number of likely N-dealkylation sites (tertiary alicyclic amines) is 1. The number of benzene rings is 1. The number of methoxy groups -OCH3 is 1. The van der Waals surface area contributed by atoms with Crippen molar-refractivity contribution in [1.82, 2.24) is 19.8 Å². The molecule has 0 spiro atoms. The van der Waals surface area contributed by atoms with Crippen LogP contribution in [0.15, 0.2) is 55.0 Å². The number of fused-ring (bicyclic) bond motifs is 1. The number of hydrogen-bond acceptors (Lipinski definition) is 4. The van der Waals surface area contributed by atoms with Crippen LogP contribution < -0.4 is 0 Å². The van der Waals surface area contributed by atoms with Crippen LogP contribution >= 0.6 is 0 Å². The van der Waals surface area contributed by atoms with Crippen LogP contribution in [0.25, 0.3) is 10.9 Å². The third kappa shape index (κ3) is 4.21. The topological polar surface area (TPSA) is 78.5 Å². The van der Waals surface area contributed by atoms with Crippen LogP contribution in [0.5, 0.6) is 0 Å². The van der Waals surface area contributed by atoms with Gasteiger partial charge in [-0.05, 0) is 42.7 Å². The van der Waals surface area contributed by atoms with Crippen LogP contribution in [0.1, 0.15) is 28.8 Å². The van der Waals surface area contributed by atoms with E-state index < -0.39 is 0 Å². The first-order valence-corrected chi connectivity index (χ1v) is 10.2. The summed E-state index contributed by atoms with van der Waals surface area (Å²) in [5.41, 5.74) is 2.60. The molecule has 4 rings (SSSR count). The summed E-state index contributed by atoms with van der Waals surface area (Å²) in [7, 11) is 1.52. The van der Waals surface area contributed by atoms with Crippen LogP contribution in [0, 0.1) is 0 Å². The second-order valence-electron chi connectivity index (χ2n) is 7.61. The summed E-state index contributed by atoms with van der Waals surface area (Å²) in [5, 5.41) is 0.923. The molecule has 0 radical (unpaired) electrons. The van der Waals surface area contributed by atoms with Gasteiger partial charge >= 0.3 is 0 Å². The summed E-state index contributed by atoms with van der Waals surface area (Å²) in [6.07, 6.45) is 7.04. The van der Waals surface area contributed by atoms with Crippen LogP contribution in [-0.2, 0) is 16.1 Å². The highest BCUT2D eigenvalue weighted by molar-refractivity contribution is 6.06. The number of nitrogens with one attached hydrogen (secondary N) is 1. The fourth-order valence-electron chi connectivity index (χ4n) is 4.15. The van der Waals surface area contributed by atoms with Gasteiger partial charge in [-0.2, -0.15) is 0 Å². The number of ether oxygens (including phenoxy) is 1. The fourth-order valence-corrected chi connectivity index (χ4v) is 4.15. The van der Waals surface area contributed by atoms with Crippen LogP contribution in [0.4, 0.5) is 0 Å². The molecule has 1 aromatic carbocycles. The van der Waals surface area contributed by atoms with Crippen LogP contribution in [0.2, 0.25) is 0 Å². The highest BCUT2D eigenvalue weighted by Crippen LogP contribution is 2.23. The Bertz CT molecular complexity index is 1020. The molecule has 1 unspecified atom stereocenters. The molecule has 3 heterocycles. The molecule has 30 heavy (non-hydrogen) atoms. The molecule has 1 N–H and O–H groups in total. The summed E-state index contributed by atoms with van der Waals surface area (Å²) in [6, 6.07) is 11.4. The molecule has 1 aliphatic rings. The monoisotopic (exact) mass is 406 g/mol. The van der Waals surface area contributed by atoms with Gasteiger partial charge < -0.3 is 19.5 Å². The number of rotatable bonds is 6. The van der Waals surface area contributed by atoms with Crippen molar-refractivity contribution in [2.45, 2.75) is 25.4 Å². The molecule has 1 fully saturated rings. The minimum absolute atomic E-state index is 0.00502. The second-order valence-corrected chi connectivity index (χ2v) is 7.61. The average Bonchev–Trinajstić information content (AvgIpc) is 3.27. The number of nitrogens with zero attached hydrogens (tertiary/aromatic N) is 3. The van der Waals surface area contributed by atoms with E-state index in [1.165, 1.54) is 7.11 Å². The lowest BCUT2D eigenvalue weighted by Crippen LogP contribution is -2.52. The zero-order chi connectivity index (χ0) is 20.9. The second kappa shape index (κ2) is 9.09. The van der Waals surface area contributed by atoms with E-state index in [9.17, 15) is 9.59 Å². The van der Waals surface area contributed by atoms with Gasteiger partial charge in [0.2, 0.25) is 5.91 Å². The van der Waals surface area contributed by atoms with Gasteiger partial charge in [0.15, 0.2) is 0 Å². The summed E-state index contributed by atoms with van der Waals surface area (Å²) < 4.78 is 5.11. The molecular weight excluding hydrogens is 380 g/mol. The Hall–Kier alpha value is -3.19. The standard InChI is InChI=1S/C23H26N4O3/c1-30-16-22(28)27(14-17-5-3-10-24-13-17)18-6-4-12-26(15-18)23(29)20-7-2-8-21-19(20)9-11-25-21/h2-3,5,7-11,13,18,25H,4,6,12,14-16H2,1H3. The van der Waals surface area contributed by atoms with Gasteiger partial charge in [0.25, 0.3) is 5.91 Å². The first-order chi connectivity index (χ1) is 14.7. The number of amides is 2. The van der Waals surface area contributed by atoms with E-state index in [0.29, 0.717) is 25.2 Å².